The number of H-pyrrole nitrogens is 1. The van der Waals surface area contributed by atoms with Crippen LogP contribution in [0.2, 0.25) is 0 Å². The Morgan fingerprint density at radius 2 is 2.04 bits per heavy atom. The number of hydrogen-bond acceptors (Lipinski definition) is 4. The van der Waals surface area contributed by atoms with E-state index in [-0.39, 0.29) is 0 Å². The average Bonchev–Trinajstić information content (AvgIpc) is 3.02. The number of para-hydroxylation sites is 2. The quantitative estimate of drug-likeness (QED) is 0.198. The lowest BCUT2D eigenvalue weighted by molar-refractivity contribution is 1.07. The number of benzene rings is 2. The monoisotopic (exact) mass is 355 g/mol. The Morgan fingerprint density at radius 3 is 2.88 bits per heavy atom. The predicted molar refractivity (Wildman–Crippen MR) is 102 cm³/mol. The standard InChI is InChI=1S/C17H17N5S2/c1-12-13(5-4-8-16(12)23-10-9-19-22-18)11-24-17-20-14-6-2-3-7-15(14)21-17/h2-8H,9-11H2,1H3,(H,20,21). The average molecular weight is 355 g/mol. The molecule has 0 unspecified atom stereocenters. The number of aromatic amines is 1. The maximum Gasteiger partial charge on any atom is 0.166 e. The highest BCUT2D eigenvalue weighted by molar-refractivity contribution is 7.99. The van der Waals surface area contributed by atoms with Crippen LogP contribution in [0.4, 0.5) is 0 Å². The van der Waals surface area contributed by atoms with E-state index in [1.165, 1.54) is 16.0 Å². The maximum atomic E-state index is 8.33. The zero-order chi connectivity index (χ0) is 16.8. The maximum absolute atomic E-state index is 8.33. The van der Waals surface area contributed by atoms with E-state index in [0.717, 1.165) is 27.7 Å². The van der Waals surface area contributed by atoms with E-state index in [2.05, 4.69) is 45.1 Å². The molecule has 1 N–H and O–H groups in total. The van der Waals surface area contributed by atoms with Crippen LogP contribution in [-0.4, -0.2) is 22.3 Å². The van der Waals surface area contributed by atoms with Gasteiger partial charge in [0.15, 0.2) is 5.16 Å². The zero-order valence-corrected chi connectivity index (χ0v) is 14.9. The van der Waals surface area contributed by atoms with E-state index in [4.69, 9.17) is 5.53 Å². The number of aromatic nitrogens is 2. The van der Waals surface area contributed by atoms with Crippen molar-refractivity contribution in [1.29, 1.82) is 0 Å². The molecule has 2 aromatic carbocycles. The third-order valence-corrected chi connectivity index (χ3v) is 5.70. The smallest absolute Gasteiger partial charge is 0.166 e. The van der Waals surface area contributed by atoms with Gasteiger partial charge in [0.05, 0.1) is 11.0 Å². The van der Waals surface area contributed by atoms with Gasteiger partial charge in [-0.05, 0) is 41.8 Å². The summed E-state index contributed by atoms with van der Waals surface area (Å²) in [4.78, 5) is 12.0. The molecule has 0 fully saturated rings. The van der Waals surface area contributed by atoms with Crippen molar-refractivity contribution in [3.05, 3.63) is 64.0 Å². The molecule has 5 nitrogen and oxygen atoms in total. The fourth-order valence-electron chi connectivity index (χ4n) is 2.36. The summed E-state index contributed by atoms with van der Waals surface area (Å²) in [5, 5.41) is 4.52. The van der Waals surface area contributed by atoms with Crippen LogP contribution < -0.4 is 0 Å². The summed E-state index contributed by atoms with van der Waals surface area (Å²) in [5.74, 6) is 1.67. The van der Waals surface area contributed by atoms with E-state index in [0.29, 0.717) is 6.54 Å². The van der Waals surface area contributed by atoms with Crippen LogP contribution in [0.25, 0.3) is 21.5 Å². The molecule has 1 aromatic heterocycles. The van der Waals surface area contributed by atoms with Crippen molar-refractivity contribution in [2.24, 2.45) is 5.11 Å². The van der Waals surface area contributed by atoms with Gasteiger partial charge in [-0.25, -0.2) is 4.98 Å². The summed E-state index contributed by atoms with van der Waals surface area (Å²) in [7, 11) is 0. The molecule has 0 atom stereocenters. The topological polar surface area (TPSA) is 77.4 Å². The van der Waals surface area contributed by atoms with Gasteiger partial charge in [0.1, 0.15) is 0 Å². The van der Waals surface area contributed by atoms with Crippen LogP contribution >= 0.6 is 23.5 Å². The molecule has 0 radical (unpaired) electrons. The van der Waals surface area contributed by atoms with E-state index in [1.807, 2.05) is 24.3 Å². The van der Waals surface area contributed by atoms with Crippen molar-refractivity contribution in [2.75, 3.05) is 12.3 Å². The normalized spacial score (nSPS) is 10.7. The Kier molecular flexibility index (Phi) is 5.69. The highest BCUT2D eigenvalue weighted by atomic mass is 32.2. The second-order valence-corrected chi connectivity index (χ2v) is 7.29. The summed E-state index contributed by atoms with van der Waals surface area (Å²) < 4.78 is 0. The van der Waals surface area contributed by atoms with Gasteiger partial charge in [-0.2, -0.15) is 0 Å². The molecular formula is C17H17N5S2. The van der Waals surface area contributed by atoms with Gasteiger partial charge in [-0.1, -0.05) is 41.1 Å². The molecule has 24 heavy (non-hydrogen) atoms. The molecule has 122 valence electrons. The first-order valence-electron chi connectivity index (χ1n) is 7.57. The van der Waals surface area contributed by atoms with Crippen molar-refractivity contribution >= 4 is 34.6 Å². The van der Waals surface area contributed by atoms with Crippen LogP contribution in [0, 0.1) is 6.92 Å². The fraction of sp³-hybridized carbons (Fsp3) is 0.235. The van der Waals surface area contributed by atoms with Gasteiger partial charge in [0.2, 0.25) is 0 Å². The third-order valence-electron chi connectivity index (χ3n) is 3.64. The lowest BCUT2D eigenvalue weighted by Crippen LogP contribution is -1.92. The van der Waals surface area contributed by atoms with Crippen LogP contribution in [0.3, 0.4) is 0 Å². The number of imidazole rings is 1. The molecule has 7 heteroatoms. The fourth-order valence-corrected chi connectivity index (χ4v) is 4.22. The summed E-state index contributed by atoms with van der Waals surface area (Å²) in [6.45, 7) is 2.66. The Hall–Kier alpha value is -2.08. The molecule has 3 rings (SSSR count). The molecule has 0 saturated heterocycles. The second kappa shape index (κ2) is 8.15. The number of rotatable bonds is 7. The van der Waals surface area contributed by atoms with Crippen molar-refractivity contribution < 1.29 is 0 Å². The van der Waals surface area contributed by atoms with Gasteiger partial charge in [-0.15, -0.1) is 11.8 Å². The first kappa shape index (κ1) is 16.8. The molecule has 0 saturated carbocycles. The van der Waals surface area contributed by atoms with Crippen LogP contribution in [0.5, 0.6) is 0 Å². The number of hydrogen-bond donors (Lipinski definition) is 1. The SMILES string of the molecule is Cc1c(CSc2nc3ccccc3[nH]2)cccc1SCCN=[N+]=[N-]. The third kappa shape index (κ3) is 4.06. The molecule has 0 aliphatic heterocycles. The number of fused-ring (bicyclic) bond motifs is 1. The first-order chi connectivity index (χ1) is 11.8. The van der Waals surface area contributed by atoms with E-state index in [9.17, 15) is 0 Å². The van der Waals surface area contributed by atoms with Crippen LogP contribution in [-0.2, 0) is 5.75 Å². The molecule has 3 aromatic rings. The molecule has 0 amide bonds. The molecular weight excluding hydrogens is 338 g/mol. The Morgan fingerprint density at radius 1 is 1.17 bits per heavy atom. The summed E-state index contributed by atoms with van der Waals surface area (Å²) in [6.07, 6.45) is 0. The molecule has 0 bridgehead atoms. The molecule has 0 spiro atoms. The van der Waals surface area contributed by atoms with Crippen molar-refractivity contribution in [3.8, 4) is 0 Å². The van der Waals surface area contributed by atoms with Gasteiger partial charge < -0.3 is 4.98 Å². The lowest BCUT2D eigenvalue weighted by Gasteiger charge is -2.09. The molecule has 0 aliphatic rings. The molecule has 0 aliphatic carbocycles. The van der Waals surface area contributed by atoms with Crippen molar-refractivity contribution in [2.45, 2.75) is 22.7 Å². The minimum absolute atomic E-state index is 0.512. The molecule has 1 heterocycles. The Bertz CT molecular complexity index is 851. The van der Waals surface area contributed by atoms with Crippen molar-refractivity contribution in [3.63, 3.8) is 0 Å². The Labute approximate surface area is 148 Å². The first-order valence-corrected chi connectivity index (χ1v) is 9.55. The van der Waals surface area contributed by atoms with Crippen LogP contribution in [0.1, 0.15) is 11.1 Å². The van der Waals surface area contributed by atoms with Gasteiger partial charge >= 0.3 is 0 Å². The highest BCUT2D eigenvalue weighted by Gasteiger charge is 2.07. The number of nitrogens with one attached hydrogen (secondary N) is 1. The summed E-state index contributed by atoms with van der Waals surface area (Å²) >= 11 is 3.44. The highest BCUT2D eigenvalue weighted by Crippen LogP contribution is 2.29. The van der Waals surface area contributed by atoms with Gasteiger partial charge in [0, 0.05) is 27.9 Å². The van der Waals surface area contributed by atoms with Gasteiger partial charge in [-0.3, -0.25) is 0 Å². The summed E-state index contributed by atoms with van der Waals surface area (Å²) in [6, 6.07) is 14.4. The zero-order valence-electron chi connectivity index (χ0n) is 13.3. The number of azide groups is 1. The minimum Gasteiger partial charge on any atom is -0.333 e. The van der Waals surface area contributed by atoms with Crippen LogP contribution in [0.15, 0.2) is 57.6 Å². The summed E-state index contributed by atoms with van der Waals surface area (Å²) in [5.41, 5.74) is 13.0. The van der Waals surface area contributed by atoms with Crippen molar-refractivity contribution in [1.82, 2.24) is 9.97 Å². The van der Waals surface area contributed by atoms with E-state index >= 15 is 0 Å². The number of thioether (sulfide) groups is 2. The number of nitrogens with zero attached hydrogens (tertiary/aromatic N) is 4. The minimum atomic E-state index is 0.512. The largest absolute Gasteiger partial charge is 0.333 e. The van der Waals surface area contributed by atoms with Gasteiger partial charge in [0.25, 0.3) is 0 Å². The van der Waals surface area contributed by atoms with E-state index < -0.39 is 0 Å². The van der Waals surface area contributed by atoms with E-state index in [1.54, 1.807) is 23.5 Å². The second-order valence-electron chi connectivity index (χ2n) is 5.19. The lowest BCUT2D eigenvalue weighted by atomic mass is 10.1. The predicted octanol–water partition coefficient (Wildman–Crippen LogP) is 5.57. The Balaban J connectivity index is 1.67.